The molecule has 0 aliphatic heterocycles. The zero-order valence-electron chi connectivity index (χ0n) is 8.28. The van der Waals surface area contributed by atoms with Gasteiger partial charge in [0.2, 0.25) is 0 Å². The van der Waals surface area contributed by atoms with E-state index < -0.39 is 0 Å². The molecule has 0 bridgehead atoms. The van der Waals surface area contributed by atoms with E-state index in [9.17, 15) is 0 Å². The van der Waals surface area contributed by atoms with Crippen LogP contribution in [0, 0.1) is 5.92 Å². The first-order valence-corrected chi connectivity index (χ1v) is 4.70. The fourth-order valence-electron chi connectivity index (χ4n) is 1.07. The van der Waals surface area contributed by atoms with Gasteiger partial charge in [-0.3, -0.25) is 0 Å². The van der Waals surface area contributed by atoms with Crippen molar-refractivity contribution in [1.29, 1.82) is 0 Å². The molecule has 0 aliphatic rings. The quantitative estimate of drug-likeness (QED) is 0.523. The molecule has 0 saturated heterocycles. The smallest absolute Gasteiger partial charge is 0.0994 e. The average Bonchev–Trinajstić information content (AvgIpc) is 1.85. The predicted octanol–water partition coefficient (Wildman–Crippen LogP) is 2.29. The molecule has 1 atom stereocenters. The number of hydrogen-bond acceptors (Lipinski definition) is 3. The summed E-state index contributed by atoms with van der Waals surface area (Å²) in [5.74, 6) is 0.599. The van der Waals surface area contributed by atoms with Crippen LogP contribution in [0.5, 0.6) is 0 Å². The van der Waals surface area contributed by atoms with Crippen molar-refractivity contribution in [3.05, 3.63) is 12.0 Å². The highest BCUT2D eigenvalue weighted by atomic mass is 32.1. The van der Waals surface area contributed by atoms with Gasteiger partial charge in [-0.2, -0.15) is 12.6 Å². The van der Waals surface area contributed by atoms with Gasteiger partial charge < -0.3 is 10.0 Å². The highest BCUT2D eigenvalue weighted by Crippen LogP contribution is 2.19. The Morgan fingerprint density at radius 3 is 2.25 bits per heavy atom. The van der Waals surface area contributed by atoms with Crippen LogP contribution in [-0.4, -0.2) is 29.4 Å². The lowest BCUT2D eigenvalue weighted by Gasteiger charge is -2.22. The maximum Gasteiger partial charge on any atom is 0.0994 e. The minimum Gasteiger partial charge on any atom is -0.514 e. The summed E-state index contributed by atoms with van der Waals surface area (Å²) in [4.78, 5) is 1.89. The Hall–Kier alpha value is -0.310. The van der Waals surface area contributed by atoms with Crippen LogP contribution in [0.2, 0.25) is 0 Å². The molecule has 1 N–H and O–H groups in total. The summed E-state index contributed by atoms with van der Waals surface area (Å²) < 4.78 is 0. The molecule has 0 spiro atoms. The third-order valence-electron chi connectivity index (χ3n) is 1.68. The molecule has 0 fully saturated rings. The molecule has 0 aromatic carbocycles. The Morgan fingerprint density at radius 2 is 2.00 bits per heavy atom. The first-order chi connectivity index (χ1) is 5.49. The van der Waals surface area contributed by atoms with Crippen LogP contribution < -0.4 is 0 Å². The van der Waals surface area contributed by atoms with Crippen LogP contribution in [0.3, 0.4) is 0 Å². The van der Waals surface area contributed by atoms with Crippen molar-refractivity contribution in [2.24, 2.45) is 5.92 Å². The third-order valence-corrected chi connectivity index (χ3v) is 2.16. The Labute approximate surface area is 80.7 Å². The Bertz CT molecular complexity index is 155. The molecule has 3 heteroatoms. The zero-order chi connectivity index (χ0) is 9.72. The van der Waals surface area contributed by atoms with E-state index in [4.69, 9.17) is 5.11 Å². The number of rotatable bonds is 4. The van der Waals surface area contributed by atoms with E-state index in [1.807, 2.05) is 19.0 Å². The van der Waals surface area contributed by atoms with Crippen LogP contribution in [0.4, 0.5) is 0 Å². The number of nitrogens with zero attached hydrogens (tertiary/aromatic N) is 1. The van der Waals surface area contributed by atoms with Gasteiger partial charge in [0.25, 0.3) is 0 Å². The maximum atomic E-state index is 8.93. The minimum absolute atomic E-state index is 0.130. The standard InChI is InChI=1S/C9H19NOS/c1-7(2)5-9(12)8(6-11)10(3)4/h6-7,9,11-12H,5H2,1-4H3/b8-6-. The summed E-state index contributed by atoms with van der Waals surface area (Å²) in [6, 6.07) is 0. The topological polar surface area (TPSA) is 23.5 Å². The van der Waals surface area contributed by atoms with E-state index in [2.05, 4.69) is 26.5 Å². The number of aliphatic hydroxyl groups excluding tert-OH is 1. The minimum atomic E-state index is 0.130. The van der Waals surface area contributed by atoms with E-state index in [0.717, 1.165) is 18.4 Å². The van der Waals surface area contributed by atoms with Gasteiger partial charge in [0.05, 0.1) is 12.0 Å². The van der Waals surface area contributed by atoms with E-state index in [-0.39, 0.29) is 5.25 Å². The summed E-state index contributed by atoms with van der Waals surface area (Å²) in [5.41, 5.74) is 0.868. The predicted molar refractivity (Wildman–Crippen MR) is 56.6 cm³/mol. The lowest BCUT2D eigenvalue weighted by molar-refractivity contribution is 0.401. The van der Waals surface area contributed by atoms with Crippen LogP contribution in [0.25, 0.3) is 0 Å². The molecular weight excluding hydrogens is 170 g/mol. The lowest BCUT2D eigenvalue weighted by atomic mass is 10.1. The molecule has 0 amide bonds. The summed E-state index contributed by atoms with van der Waals surface area (Å²) >= 11 is 4.41. The molecular formula is C9H19NOS. The van der Waals surface area contributed by atoms with E-state index in [0.29, 0.717) is 5.92 Å². The molecule has 0 saturated carbocycles. The molecule has 0 aromatic rings. The van der Waals surface area contributed by atoms with Gasteiger partial charge in [0.1, 0.15) is 0 Å². The van der Waals surface area contributed by atoms with Crippen LogP contribution in [0.15, 0.2) is 12.0 Å². The average molecular weight is 189 g/mol. The molecule has 0 radical (unpaired) electrons. The summed E-state index contributed by atoms with van der Waals surface area (Å²) in [5, 5.41) is 9.06. The molecule has 0 heterocycles. The van der Waals surface area contributed by atoms with Crippen LogP contribution in [0.1, 0.15) is 20.3 Å². The maximum absolute atomic E-state index is 8.93. The van der Waals surface area contributed by atoms with Crippen molar-refractivity contribution in [3.63, 3.8) is 0 Å². The van der Waals surface area contributed by atoms with Crippen molar-refractivity contribution in [2.75, 3.05) is 14.1 Å². The van der Waals surface area contributed by atoms with Gasteiger partial charge in [0.15, 0.2) is 0 Å². The Balaban J connectivity index is 4.14. The monoisotopic (exact) mass is 189 g/mol. The van der Waals surface area contributed by atoms with Crippen LogP contribution in [-0.2, 0) is 0 Å². The number of thiol groups is 1. The van der Waals surface area contributed by atoms with Crippen molar-refractivity contribution < 1.29 is 5.11 Å². The van der Waals surface area contributed by atoms with E-state index in [1.165, 1.54) is 0 Å². The van der Waals surface area contributed by atoms with Gasteiger partial charge in [-0.05, 0) is 12.3 Å². The highest BCUT2D eigenvalue weighted by molar-refractivity contribution is 7.81. The zero-order valence-corrected chi connectivity index (χ0v) is 9.18. The summed E-state index contributed by atoms with van der Waals surface area (Å²) in [7, 11) is 3.82. The first kappa shape index (κ1) is 11.7. The Kier molecular flexibility index (Phi) is 5.22. The van der Waals surface area contributed by atoms with E-state index >= 15 is 0 Å². The van der Waals surface area contributed by atoms with Crippen LogP contribution >= 0.6 is 12.6 Å². The lowest BCUT2D eigenvalue weighted by Crippen LogP contribution is -2.21. The largest absolute Gasteiger partial charge is 0.514 e. The second-order valence-corrected chi connectivity index (χ2v) is 4.22. The van der Waals surface area contributed by atoms with Gasteiger partial charge in [-0.15, -0.1) is 0 Å². The van der Waals surface area contributed by atoms with Gasteiger partial charge >= 0.3 is 0 Å². The van der Waals surface area contributed by atoms with Crippen molar-refractivity contribution in [1.82, 2.24) is 4.90 Å². The fourth-order valence-corrected chi connectivity index (χ4v) is 1.79. The molecule has 2 nitrogen and oxygen atoms in total. The van der Waals surface area contributed by atoms with Crippen molar-refractivity contribution in [3.8, 4) is 0 Å². The fraction of sp³-hybridized carbons (Fsp3) is 0.778. The highest BCUT2D eigenvalue weighted by Gasteiger charge is 2.13. The van der Waals surface area contributed by atoms with Gasteiger partial charge in [-0.1, -0.05) is 13.8 Å². The van der Waals surface area contributed by atoms with Gasteiger partial charge in [-0.25, -0.2) is 0 Å². The molecule has 1 unspecified atom stereocenters. The third kappa shape index (κ3) is 3.90. The molecule has 0 aromatic heterocycles. The molecule has 0 rings (SSSR count). The Morgan fingerprint density at radius 1 is 1.50 bits per heavy atom. The molecule has 0 aliphatic carbocycles. The second kappa shape index (κ2) is 5.36. The number of hydrogen-bond donors (Lipinski definition) is 2. The summed E-state index contributed by atoms with van der Waals surface area (Å²) in [6.45, 7) is 4.29. The normalized spacial score (nSPS) is 15.0. The first-order valence-electron chi connectivity index (χ1n) is 4.18. The van der Waals surface area contributed by atoms with Crippen molar-refractivity contribution >= 4 is 12.6 Å². The second-order valence-electron chi connectivity index (χ2n) is 3.59. The molecule has 12 heavy (non-hydrogen) atoms. The van der Waals surface area contributed by atoms with Crippen molar-refractivity contribution in [2.45, 2.75) is 25.5 Å². The van der Waals surface area contributed by atoms with Gasteiger partial charge in [0, 0.05) is 19.3 Å². The molecule has 72 valence electrons. The number of aliphatic hydroxyl groups is 1. The summed E-state index contributed by atoms with van der Waals surface area (Å²) in [6.07, 6.45) is 2.12. The SMILES string of the molecule is CC(C)CC(S)/C(=C/O)N(C)C. The van der Waals surface area contributed by atoms with E-state index in [1.54, 1.807) is 0 Å².